The highest BCUT2D eigenvalue weighted by molar-refractivity contribution is 6.30. The van der Waals surface area contributed by atoms with Gasteiger partial charge in [0.2, 0.25) is 5.91 Å². The van der Waals surface area contributed by atoms with Crippen molar-refractivity contribution in [3.05, 3.63) is 58.4 Å². The van der Waals surface area contributed by atoms with E-state index < -0.39 is 0 Å². The first-order chi connectivity index (χ1) is 13.5. The van der Waals surface area contributed by atoms with Crippen LogP contribution in [0.2, 0.25) is 5.02 Å². The van der Waals surface area contributed by atoms with Gasteiger partial charge in [-0.25, -0.2) is 4.99 Å². The number of aromatic nitrogens is 1. The molecule has 1 aliphatic heterocycles. The summed E-state index contributed by atoms with van der Waals surface area (Å²) >= 11 is 6.08. The van der Waals surface area contributed by atoms with Gasteiger partial charge in [-0.1, -0.05) is 35.9 Å². The summed E-state index contributed by atoms with van der Waals surface area (Å²) in [6.45, 7) is 4.97. The highest BCUT2D eigenvalue weighted by atomic mass is 35.5. The largest absolute Gasteiger partial charge is 0.357 e. The molecular formula is C21H28ClN5O. The van der Waals surface area contributed by atoms with Crippen molar-refractivity contribution in [1.29, 1.82) is 0 Å². The van der Waals surface area contributed by atoms with Crippen LogP contribution in [0, 0.1) is 0 Å². The van der Waals surface area contributed by atoms with E-state index in [0.717, 1.165) is 25.2 Å². The molecule has 1 amide bonds. The van der Waals surface area contributed by atoms with Gasteiger partial charge in [0.25, 0.3) is 0 Å². The van der Waals surface area contributed by atoms with Gasteiger partial charge in [-0.2, -0.15) is 0 Å². The number of nitrogens with zero attached hydrogens (tertiary/aromatic N) is 4. The molecule has 0 radical (unpaired) electrons. The van der Waals surface area contributed by atoms with Crippen molar-refractivity contribution < 1.29 is 4.79 Å². The standard InChI is InChI=1S/C21H28ClN5O/c1-4-23-21(26(3)15-19-11-18(22)14-25(19)2)24-12-20(28)27-10-9-16-7-5-6-8-17(16)13-27/h5-8,11,14H,4,9-10,12-13,15H2,1-3H3,(H,23,24). The summed E-state index contributed by atoms with van der Waals surface area (Å²) in [5.41, 5.74) is 3.65. The molecule has 0 fully saturated rings. The van der Waals surface area contributed by atoms with Gasteiger partial charge in [-0.3, -0.25) is 4.79 Å². The SMILES string of the molecule is CCNC(=NCC(=O)N1CCc2ccccc2C1)N(C)Cc1cc(Cl)cn1C. The molecule has 150 valence electrons. The van der Waals surface area contributed by atoms with E-state index in [1.165, 1.54) is 11.1 Å². The van der Waals surface area contributed by atoms with Crippen molar-refractivity contribution in [2.24, 2.45) is 12.0 Å². The first kappa shape index (κ1) is 20.3. The molecule has 2 aromatic rings. The second-order valence-electron chi connectivity index (χ2n) is 7.12. The number of rotatable bonds is 5. The van der Waals surface area contributed by atoms with Crippen molar-refractivity contribution in [3.8, 4) is 0 Å². The number of aliphatic imine (C=N–C) groups is 1. The molecule has 1 aromatic heterocycles. The Morgan fingerprint density at radius 1 is 1.32 bits per heavy atom. The van der Waals surface area contributed by atoms with E-state index in [1.807, 2.05) is 53.7 Å². The van der Waals surface area contributed by atoms with Crippen LogP contribution >= 0.6 is 11.6 Å². The van der Waals surface area contributed by atoms with Gasteiger partial charge in [0, 0.05) is 45.6 Å². The highest BCUT2D eigenvalue weighted by Gasteiger charge is 2.20. The lowest BCUT2D eigenvalue weighted by Crippen LogP contribution is -2.41. The van der Waals surface area contributed by atoms with E-state index >= 15 is 0 Å². The molecule has 0 unspecified atom stereocenters. The third-order valence-corrected chi connectivity index (χ3v) is 5.22. The van der Waals surface area contributed by atoms with E-state index in [0.29, 0.717) is 24.1 Å². The molecular weight excluding hydrogens is 374 g/mol. The van der Waals surface area contributed by atoms with Gasteiger partial charge in [-0.15, -0.1) is 0 Å². The number of amides is 1. The smallest absolute Gasteiger partial charge is 0.244 e. The Kier molecular flexibility index (Phi) is 6.62. The van der Waals surface area contributed by atoms with Gasteiger partial charge >= 0.3 is 0 Å². The zero-order chi connectivity index (χ0) is 20.1. The quantitative estimate of drug-likeness (QED) is 0.619. The summed E-state index contributed by atoms with van der Waals surface area (Å²) < 4.78 is 2.00. The number of nitrogens with one attached hydrogen (secondary N) is 1. The van der Waals surface area contributed by atoms with Gasteiger partial charge in [0.1, 0.15) is 6.54 Å². The van der Waals surface area contributed by atoms with Crippen LogP contribution in [0.4, 0.5) is 0 Å². The van der Waals surface area contributed by atoms with E-state index in [4.69, 9.17) is 11.6 Å². The van der Waals surface area contributed by atoms with Crippen LogP contribution in [0.25, 0.3) is 0 Å². The summed E-state index contributed by atoms with van der Waals surface area (Å²) in [4.78, 5) is 21.2. The maximum Gasteiger partial charge on any atom is 0.244 e. The van der Waals surface area contributed by atoms with E-state index in [-0.39, 0.29) is 12.5 Å². The number of carbonyl (C=O) groups is 1. The molecule has 28 heavy (non-hydrogen) atoms. The Labute approximate surface area is 171 Å². The number of benzene rings is 1. The molecule has 0 saturated carbocycles. The summed E-state index contributed by atoms with van der Waals surface area (Å²) in [5, 5.41) is 3.98. The minimum Gasteiger partial charge on any atom is -0.357 e. The monoisotopic (exact) mass is 401 g/mol. The van der Waals surface area contributed by atoms with Gasteiger partial charge in [-0.05, 0) is 30.5 Å². The second kappa shape index (κ2) is 9.15. The molecule has 0 spiro atoms. The lowest BCUT2D eigenvalue weighted by Gasteiger charge is -2.29. The first-order valence-electron chi connectivity index (χ1n) is 9.62. The van der Waals surface area contributed by atoms with Crippen LogP contribution in [0.3, 0.4) is 0 Å². The Balaban J connectivity index is 1.63. The van der Waals surface area contributed by atoms with E-state index in [1.54, 1.807) is 0 Å². The summed E-state index contributed by atoms with van der Waals surface area (Å²) in [6.07, 6.45) is 2.78. The number of guanidine groups is 1. The fourth-order valence-corrected chi connectivity index (χ4v) is 3.73. The highest BCUT2D eigenvalue weighted by Crippen LogP contribution is 2.18. The minimum atomic E-state index is 0.0558. The first-order valence-corrected chi connectivity index (χ1v) is 10.0. The molecule has 0 saturated heterocycles. The normalized spacial score (nSPS) is 14.0. The van der Waals surface area contributed by atoms with Crippen molar-refractivity contribution in [2.75, 3.05) is 26.7 Å². The maximum absolute atomic E-state index is 12.7. The van der Waals surface area contributed by atoms with Crippen molar-refractivity contribution in [3.63, 3.8) is 0 Å². The molecule has 0 bridgehead atoms. The van der Waals surface area contributed by atoms with Crippen LogP contribution in [0.15, 0.2) is 41.5 Å². The van der Waals surface area contributed by atoms with Crippen LogP contribution in [0.1, 0.15) is 23.7 Å². The van der Waals surface area contributed by atoms with Gasteiger partial charge in [0.05, 0.1) is 11.6 Å². The number of hydrogen-bond donors (Lipinski definition) is 1. The van der Waals surface area contributed by atoms with Crippen molar-refractivity contribution in [2.45, 2.75) is 26.4 Å². The minimum absolute atomic E-state index is 0.0558. The molecule has 0 atom stereocenters. The Hall–Kier alpha value is -2.47. The summed E-state index contributed by atoms with van der Waals surface area (Å²) in [7, 11) is 3.93. The average Bonchev–Trinajstić information content (AvgIpc) is 3.01. The average molecular weight is 402 g/mol. The fourth-order valence-electron chi connectivity index (χ4n) is 3.46. The molecule has 3 rings (SSSR count). The molecule has 6 nitrogen and oxygen atoms in total. The van der Waals surface area contributed by atoms with E-state index in [2.05, 4.69) is 28.5 Å². The van der Waals surface area contributed by atoms with Gasteiger partial charge < -0.3 is 19.7 Å². The van der Waals surface area contributed by atoms with Crippen molar-refractivity contribution >= 4 is 23.5 Å². The predicted octanol–water partition coefficient (Wildman–Crippen LogP) is 2.66. The molecule has 7 heteroatoms. The predicted molar refractivity (Wildman–Crippen MR) is 113 cm³/mol. The zero-order valence-electron chi connectivity index (χ0n) is 16.8. The third-order valence-electron chi connectivity index (χ3n) is 5.02. The number of halogens is 1. The van der Waals surface area contributed by atoms with Crippen molar-refractivity contribution in [1.82, 2.24) is 19.7 Å². The molecule has 2 heterocycles. The lowest BCUT2D eigenvalue weighted by molar-refractivity contribution is -0.130. The van der Waals surface area contributed by atoms with Crippen LogP contribution in [0.5, 0.6) is 0 Å². The van der Waals surface area contributed by atoms with Crippen LogP contribution in [-0.2, 0) is 31.4 Å². The topological polar surface area (TPSA) is 52.9 Å². The van der Waals surface area contributed by atoms with Crippen LogP contribution < -0.4 is 5.32 Å². The van der Waals surface area contributed by atoms with Crippen LogP contribution in [-0.4, -0.2) is 52.9 Å². The number of carbonyl (C=O) groups excluding carboxylic acids is 1. The maximum atomic E-state index is 12.7. The Morgan fingerprint density at radius 3 is 2.75 bits per heavy atom. The van der Waals surface area contributed by atoms with Gasteiger partial charge in [0.15, 0.2) is 5.96 Å². The van der Waals surface area contributed by atoms with E-state index in [9.17, 15) is 4.79 Å². The third kappa shape index (κ3) is 4.87. The molecule has 1 N–H and O–H groups in total. The lowest BCUT2D eigenvalue weighted by atomic mass is 10.00. The second-order valence-corrected chi connectivity index (χ2v) is 7.56. The zero-order valence-corrected chi connectivity index (χ0v) is 17.5. The number of fused-ring (bicyclic) bond motifs is 1. The summed E-state index contributed by atoms with van der Waals surface area (Å²) in [5.74, 6) is 0.769. The molecule has 0 aliphatic carbocycles. The summed E-state index contributed by atoms with van der Waals surface area (Å²) in [6, 6.07) is 10.3. The molecule has 1 aliphatic rings. The number of hydrogen-bond acceptors (Lipinski definition) is 2. The fraction of sp³-hybridized carbons (Fsp3) is 0.429. The Morgan fingerprint density at radius 2 is 2.07 bits per heavy atom. The Bertz CT molecular complexity index is 860. The number of aryl methyl sites for hydroxylation is 1. The molecule has 1 aromatic carbocycles.